The summed E-state index contributed by atoms with van der Waals surface area (Å²) in [5.41, 5.74) is 11.5. The molecule has 9 nitrogen and oxygen atoms in total. The molecule has 1 rings (SSSR count). The zero-order valence-corrected chi connectivity index (χ0v) is 12.5. The van der Waals surface area contributed by atoms with Crippen LogP contribution < -0.4 is 11.5 Å². The molecule has 0 aliphatic carbocycles. The Balaban J connectivity index is 2.41. The molecule has 1 aromatic rings. The molecule has 3 unspecified atom stereocenters. The van der Waals surface area contributed by atoms with Crippen LogP contribution in [0.25, 0.3) is 0 Å². The Kier molecular flexibility index (Phi) is 7.00. The summed E-state index contributed by atoms with van der Waals surface area (Å²) < 4.78 is 15.7. The summed E-state index contributed by atoms with van der Waals surface area (Å²) in [4.78, 5) is 30.4. The molecule has 5 N–H and O–H groups in total. The van der Waals surface area contributed by atoms with Crippen LogP contribution in [0.4, 0.5) is 5.69 Å². The van der Waals surface area contributed by atoms with Gasteiger partial charge in [-0.2, -0.15) is 4.89 Å². The van der Waals surface area contributed by atoms with E-state index in [9.17, 15) is 19.5 Å². The van der Waals surface area contributed by atoms with Gasteiger partial charge in [0.2, 0.25) is 5.78 Å². The number of rotatable bonds is 8. The summed E-state index contributed by atoms with van der Waals surface area (Å²) in [7, 11) is -2.50. The van der Waals surface area contributed by atoms with Crippen LogP contribution in [-0.2, 0) is 20.7 Å². The highest BCUT2D eigenvalue weighted by atomic mass is 31.1. The first kappa shape index (κ1) is 18.1. The maximum atomic E-state index is 11.6. The van der Waals surface area contributed by atoms with E-state index in [1.807, 2.05) is 0 Å². The first-order valence-electron chi connectivity index (χ1n) is 6.37. The van der Waals surface area contributed by atoms with Gasteiger partial charge in [-0.1, -0.05) is 0 Å². The molecule has 0 bridgehead atoms. The smallest absolute Gasteiger partial charge is 0.460 e. The van der Waals surface area contributed by atoms with E-state index in [-0.39, 0.29) is 25.1 Å². The molecule has 0 aromatic heterocycles. The molecule has 1 aromatic carbocycles. The predicted octanol–water partition coefficient (Wildman–Crippen LogP) is 0.765. The highest BCUT2D eigenvalue weighted by molar-refractivity contribution is 7.38. The van der Waals surface area contributed by atoms with Crippen molar-refractivity contribution in [2.24, 2.45) is 11.5 Å². The molecule has 0 aliphatic heterocycles. The molecule has 0 spiro atoms. The number of hydrogen-bond donors (Lipinski definition) is 3. The van der Waals surface area contributed by atoms with Gasteiger partial charge in [0, 0.05) is 18.6 Å². The summed E-state index contributed by atoms with van der Waals surface area (Å²) in [6.07, 6.45) is 0.251. The van der Waals surface area contributed by atoms with Gasteiger partial charge in [0.25, 0.3) is 5.69 Å². The molecule has 0 saturated heterocycles. The zero-order valence-electron chi connectivity index (χ0n) is 11.6. The van der Waals surface area contributed by atoms with E-state index >= 15 is 0 Å². The summed E-state index contributed by atoms with van der Waals surface area (Å²) in [5.74, 6) is -1.60. The minimum absolute atomic E-state index is 0.0566. The molecule has 0 heterocycles. The van der Waals surface area contributed by atoms with Gasteiger partial charge in [-0.05, 0) is 28.7 Å². The fourth-order valence-electron chi connectivity index (χ4n) is 1.55. The fourth-order valence-corrected chi connectivity index (χ4v) is 1.92. The molecule has 0 fully saturated rings. The Bertz CT molecular complexity index is 550. The van der Waals surface area contributed by atoms with Gasteiger partial charge in [-0.3, -0.25) is 20.6 Å². The summed E-state index contributed by atoms with van der Waals surface area (Å²) in [6, 6.07) is 4.62. The number of nitro benzene ring substituents is 1. The Labute approximate surface area is 127 Å². The van der Waals surface area contributed by atoms with Crippen LogP contribution >= 0.6 is 8.03 Å². The predicted molar refractivity (Wildman–Crippen MR) is 77.9 cm³/mol. The lowest BCUT2D eigenvalue weighted by molar-refractivity contribution is -0.384. The topological polar surface area (TPSA) is 159 Å². The molecule has 10 heteroatoms. The lowest BCUT2D eigenvalue weighted by Gasteiger charge is -2.11. The van der Waals surface area contributed by atoms with E-state index in [0.717, 1.165) is 0 Å². The van der Waals surface area contributed by atoms with Gasteiger partial charge in [0.15, 0.2) is 0 Å². The number of hydrogen-bond acceptors (Lipinski definition) is 7. The monoisotopic (exact) mass is 330 g/mol. The second-order valence-electron chi connectivity index (χ2n) is 4.58. The Morgan fingerprint density at radius 3 is 2.41 bits per heavy atom. The third-order valence-electron chi connectivity index (χ3n) is 2.89. The van der Waals surface area contributed by atoms with E-state index in [0.29, 0.717) is 5.56 Å². The lowest BCUT2D eigenvalue weighted by Crippen LogP contribution is -2.33. The van der Waals surface area contributed by atoms with E-state index in [2.05, 4.69) is 0 Å². The summed E-state index contributed by atoms with van der Waals surface area (Å²) >= 11 is 0. The van der Waals surface area contributed by atoms with Crippen LogP contribution in [0, 0.1) is 10.1 Å². The van der Waals surface area contributed by atoms with Gasteiger partial charge in [0.05, 0.1) is 4.92 Å². The average Bonchev–Trinajstić information content (AvgIpc) is 2.49. The van der Waals surface area contributed by atoms with E-state index in [4.69, 9.17) is 21.1 Å². The van der Waals surface area contributed by atoms with Gasteiger partial charge >= 0.3 is 14.0 Å². The van der Waals surface area contributed by atoms with E-state index in [1.165, 1.54) is 24.3 Å². The molecule has 0 radical (unpaired) electrons. The summed E-state index contributed by atoms with van der Waals surface area (Å²) in [5, 5.41) is 10.5. The molecule has 120 valence electrons. The van der Waals surface area contributed by atoms with Crippen molar-refractivity contribution in [2.45, 2.75) is 31.3 Å². The van der Waals surface area contributed by atoms with Gasteiger partial charge in [-0.15, -0.1) is 0 Å². The van der Waals surface area contributed by atoms with Crippen molar-refractivity contribution in [2.75, 3.05) is 0 Å². The Morgan fingerprint density at radius 2 is 1.91 bits per heavy atom. The fraction of sp³-hybridized carbons (Fsp3) is 0.417. The number of nitrogens with two attached hydrogens (primary N) is 2. The lowest BCUT2D eigenvalue weighted by atomic mass is 10.1. The highest BCUT2D eigenvalue weighted by Crippen LogP contribution is 2.22. The maximum absolute atomic E-state index is 11.6. The largest absolute Gasteiger partial charge is 0.524 e. The van der Waals surface area contributed by atoms with Crippen molar-refractivity contribution in [1.82, 2.24) is 0 Å². The number of carbonyl (C=O) groups is 1. The van der Waals surface area contributed by atoms with Gasteiger partial charge in [0.1, 0.15) is 12.6 Å². The van der Waals surface area contributed by atoms with E-state index in [1.54, 1.807) is 0 Å². The molecule has 22 heavy (non-hydrogen) atoms. The molecular weight excluding hydrogens is 313 g/mol. The minimum Gasteiger partial charge on any atom is -0.460 e. The number of nitro groups is 1. The number of nitrogens with zero attached hydrogens (tertiary/aromatic N) is 1. The van der Waals surface area contributed by atoms with Gasteiger partial charge < -0.3 is 10.5 Å². The van der Waals surface area contributed by atoms with Crippen molar-refractivity contribution in [3.63, 3.8) is 0 Å². The Morgan fingerprint density at radius 1 is 1.32 bits per heavy atom. The highest BCUT2D eigenvalue weighted by Gasteiger charge is 2.26. The normalized spacial score (nSPS) is 14.0. The van der Waals surface area contributed by atoms with Crippen molar-refractivity contribution >= 4 is 19.7 Å². The van der Waals surface area contributed by atoms with Crippen LogP contribution in [0.3, 0.4) is 0 Å². The number of ether oxygens (including phenoxy) is 1. The van der Waals surface area contributed by atoms with E-state index < -0.39 is 30.7 Å². The first-order valence-corrected chi connectivity index (χ1v) is 7.65. The molecule has 0 amide bonds. The standard InChI is InChI=1S/C12H16N3O6P/c13-10(5-6-11(14)22(19)20)12(16)21-7-8-1-3-9(4-2-8)15(17)18/h1-4,10-11H,5-7,13-14H2/p+1. The molecule has 0 saturated carbocycles. The zero-order chi connectivity index (χ0) is 16.7. The van der Waals surface area contributed by atoms with Crippen molar-refractivity contribution < 1.29 is 23.9 Å². The number of esters is 1. The first-order chi connectivity index (χ1) is 10.3. The minimum atomic E-state index is -2.50. The van der Waals surface area contributed by atoms with Crippen molar-refractivity contribution in [3.05, 3.63) is 39.9 Å². The number of carbonyl (C=O) groups excluding carboxylic acids is 1. The van der Waals surface area contributed by atoms with Crippen molar-refractivity contribution in [3.8, 4) is 0 Å². The van der Waals surface area contributed by atoms with Crippen LogP contribution in [0.15, 0.2) is 24.3 Å². The molecule has 3 atom stereocenters. The summed E-state index contributed by atoms with van der Waals surface area (Å²) in [6.45, 7) is -0.0646. The second kappa shape index (κ2) is 8.50. The van der Waals surface area contributed by atoms with Crippen LogP contribution in [0.2, 0.25) is 0 Å². The third-order valence-corrected chi connectivity index (χ3v) is 3.71. The van der Waals surface area contributed by atoms with Crippen LogP contribution in [0.1, 0.15) is 18.4 Å². The van der Waals surface area contributed by atoms with Gasteiger partial charge in [-0.25, -0.2) is 0 Å². The van der Waals surface area contributed by atoms with Crippen molar-refractivity contribution in [1.29, 1.82) is 0 Å². The average molecular weight is 330 g/mol. The molecule has 0 aliphatic rings. The number of non-ortho nitro benzene ring substituents is 1. The molecular formula is C12H17N3O6P+. The third kappa shape index (κ3) is 5.82. The van der Waals surface area contributed by atoms with Crippen LogP contribution in [-0.4, -0.2) is 27.6 Å². The quantitative estimate of drug-likeness (QED) is 0.273. The Hall–Kier alpha value is -1.93. The number of benzene rings is 1. The second-order valence-corrected chi connectivity index (χ2v) is 5.85. The van der Waals surface area contributed by atoms with Crippen LogP contribution in [0.5, 0.6) is 0 Å². The SMILES string of the molecule is NC(CCC(N)[P+](=O)O)C(=O)OCc1ccc([N+](=O)[O-])cc1. The maximum Gasteiger partial charge on any atom is 0.524 e.